The molecular formula is C12H4F6O4. The molecule has 2 aromatic rings. The van der Waals surface area contributed by atoms with E-state index in [0.29, 0.717) is 0 Å². The van der Waals surface area contributed by atoms with Crippen molar-refractivity contribution < 1.29 is 46.8 Å². The maximum absolute atomic E-state index is 13.7. The van der Waals surface area contributed by atoms with Crippen molar-refractivity contribution in [1.29, 1.82) is 0 Å². The van der Waals surface area contributed by atoms with Gasteiger partial charge in [-0.2, -0.15) is 13.2 Å². The van der Waals surface area contributed by atoms with E-state index in [2.05, 4.69) is 0 Å². The monoisotopic (exact) mass is 326 g/mol. The molecule has 118 valence electrons. The van der Waals surface area contributed by atoms with E-state index in [1.165, 1.54) is 0 Å². The third-order valence-corrected chi connectivity index (χ3v) is 2.79. The number of phenols is 4. The lowest BCUT2D eigenvalue weighted by atomic mass is 10.00. The standard InChI is InChI=1S/C12H4F6O4/c13-3-1(4(14)7(17)10(20)6(3)16)2-5(15)11(21)12(22)8(18)9(2)19/h19-22H. The summed E-state index contributed by atoms with van der Waals surface area (Å²) in [4.78, 5) is 0. The van der Waals surface area contributed by atoms with Crippen molar-refractivity contribution in [3.63, 3.8) is 0 Å². The molecule has 10 heteroatoms. The third kappa shape index (κ3) is 1.87. The van der Waals surface area contributed by atoms with Crippen molar-refractivity contribution in [3.8, 4) is 34.1 Å². The molecule has 0 amide bonds. The van der Waals surface area contributed by atoms with Gasteiger partial charge in [-0.3, -0.25) is 0 Å². The highest BCUT2D eigenvalue weighted by atomic mass is 19.2. The van der Waals surface area contributed by atoms with Crippen molar-refractivity contribution in [2.24, 2.45) is 0 Å². The highest BCUT2D eigenvalue weighted by Gasteiger charge is 2.33. The fourth-order valence-electron chi connectivity index (χ4n) is 1.72. The van der Waals surface area contributed by atoms with E-state index >= 15 is 0 Å². The van der Waals surface area contributed by atoms with Crippen LogP contribution in [0.25, 0.3) is 11.1 Å². The Bertz CT molecular complexity index is 680. The molecule has 2 rings (SSSR count). The second-order valence-corrected chi connectivity index (χ2v) is 4.03. The maximum atomic E-state index is 13.7. The zero-order valence-electron chi connectivity index (χ0n) is 10.1. The van der Waals surface area contributed by atoms with Crippen LogP contribution in [-0.2, 0) is 0 Å². The summed E-state index contributed by atoms with van der Waals surface area (Å²) in [5, 5.41) is 36.1. The zero-order chi connectivity index (χ0) is 16.9. The Kier molecular flexibility index (Phi) is 3.47. The molecule has 0 atom stereocenters. The maximum Gasteiger partial charge on any atom is 0.211 e. The first-order chi connectivity index (χ1) is 10.1. The van der Waals surface area contributed by atoms with Gasteiger partial charge in [0.15, 0.2) is 34.7 Å². The molecule has 0 aliphatic heterocycles. The van der Waals surface area contributed by atoms with Crippen molar-refractivity contribution in [2.45, 2.75) is 0 Å². The van der Waals surface area contributed by atoms with Crippen LogP contribution in [0.5, 0.6) is 23.0 Å². The molecule has 0 bridgehead atoms. The number of halogens is 6. The highest BCUT2D eigenvalue weighted by Crippen LogP contribution is 2.47. The molecule has 4 nitrogen and oxygen atoms in total. The first-order valence-electron chi connectivity index (χ1n) is 5.28. The Morgan fingerprint density at radius 2 is 0.773 bits per heavy atom. The van der Waals surface area contributed by atoms with E-state index in [0.717, 1.165) is 0 Å². The summed E-state index contributed by atoms with van der Waals surface area (Å²) in [6.07, 6.45) is 0. The predicted octanol–water partition coefficient (Wildman–Crippen LogP) is 3.01. The molecule has 0 fully saturated rings. The summed E-state index contributed by atoms with van der Waals surface area (Å²) in [5.74, 6) is -21.2. The summed E-state index contributed by atoms with van der Waals surface area (Å²) in [7, 11) is 0. The van der Waals surface area contributed by atoms with Crippen molar-refractivity contribution in [2.75, 3.05) is 0 Å². The number of hydrogen-bond donors (Lipinski definition) is 4. The lowest BCUT2D eigenvalue weighted by molar-refractivity contribution is 0.339. The first-order valence-corrected chi connectivity index (χ1v) is 5.28. The first kappa shape index (κ1) is 15.6. The van der Waals surface area contributed by atoms with Gasteiger partial charge in [0.2, 0.25) is 23.2 Å². The van der Waals surface area contributed by atoms with Gasteiger partial charge >= 0.3 is 0 Å². The predicted molar refractivity (Wildman–Crippen MR) is 58.3 cm³/mol. The van der Waals surface area contributed by atoms with Crippen LogP contribution in [-0.4, -0.2) is 20.4 Å². The van der Waals surface area contributed by atoms with Crippen LogP contribution >= 0.6 is 0 Å². The number of benzene rings is 2. The molecular weight excluding hydrogens is 322 g/mol. The van der Waals surface area contributed by atoms with Crippen molar-refractivity contribution in [3.05, 3.63) is 34.9 Å². The Hall–Kier alpha value is -2.78. The number of rotatable bonds is 1. The molecule has 0 aliphatic rings. The smallest absolute Gasteiger partial charge is 0.211 e. The largest absolute Gasteiger partial charge is 0.504 e. The van der Waals surface area contributed by atoms with Gasteiger partial charge in [-0.05, 0) is 0 Å². The van der Waals surface area contributed by atoms with Crippen LogP contribution in [0.15, 0.2) is 0 Å². The molecule has 2 aromatic carbocycles. The Morgan fingerprint density at radius 1 is 0.364 bits per heavy atom. The molecule has 0 heterocycles. The van der Waals surface area contributed by atoms with E-state index in [1.807, 2.05) is 0 Å². The minimum atomic E-state index is -2.35. The van der Waals surface area contributed by atoms with Crippen LogP contribution in [0.3, 0.4) is 0 Å². The van der Waals surface area contributed by atoms with Crippen LogP contribution in [0.2, 0.25) is 0 Å². The van der Waals surface area contributed by atoms with Gasteiger partial charge in [0, 0.05) is 0 Å². The lowest BCUT2D eigenvalue weighted by Crippen LogP contribution is -2.03. The van der Waals surface area contributed by atoms with Gasteiger partial charge in [-0.25, -0.2) is 13.2 Å². The van der Waals surface area contributed by atoms with Gasteiger partial charge in [-0.15, -0.1) is 0 Å². The van der Waals surface area contributed by atoms with Gasteiger partial charge in [0.05, 0.1) is 11.1 Å². The molecule has 4 N–H and O–H groups in total. The summed E-state index contributed by atoms with van der Waals surface area (Å²) in [6.45, 7) is 0. The molecule has 0 radical (unpaired) electrons. The Balaban J connectivity index is 3.03. The van der Waals surface area contributed by atoms with E-state index < -0.39 is 69.0 Å². The fraction of sp³-hybridized carbons (Fsp3) is 0. The molecule has 0 unspecified atom stereocenters. The van der Waals surface area contributed by atoms with E-state index in [9.17, 15) is 31.4 Å². The molecule has 0 aliphatic carbocycles. The topological polar surface area (TPSA) is 80.9 Å². The SMILES string of the molecule is Oc1c(O)c(F)c(-c2c(F)c(F)c(O)c(F)c2F)c(O)c1F. The summed E-state index contributed by atoms with van der Waals surface area (Å²) >= 11 is 0. The zero-order valence-corrected chi connectivity index (χ0v) is 10.1. The minimum Gasteiger partial charge on any atom is -0.504 e. The van der Waals surface area contributed by atoms with Gasteiger partial charge in [0.1, 0.15) is 0 Å². The second kappa shape index (κ2) is 4.90. The van der Waals surface area contributed by atoms with Crippen molar-refractivity contribution in [1.82, 2.24) is 0 Å². The van der Waals surface area contributed by atoms with Crippen LogP contribution in [0.1, 0.15) is 0 Å². The number of phenolic OH excluding ortho intramolecular Hbond substituents is 4. The van der Waals surface area contributed by atoms with Gasteiger partial charge in [0.25, 0.3) is 0 Å². The minimum absolute atomic E-state index is 1.78. The lowest BCUT2D eigenvalue weighted by Gasteiger charge is -2.13. The average Bonchev–Trinajstić information content (AvgIpc) is 2.50. The van der Waals surface area contributed by atoms with Gasteiger partial charge < -0.3 is 20.4 Å². The Labute approximate surface area is 117 Å². The second-order valence-electron chi connectivity index (χ2n) is 4.03. The van der Waals surface area contributed by atoms with Crippen LogP contribution in [0, 0.1) is 34.9 Å². The average molecular weight is 326 g/mol. The van der Waals surface area contributed by atoms with Crippen LogP contribution in [0.4, 0.5) is 26.3 Å². The third-order valence-electron chi connectivity index (χ3n) is 2.79. The normalized spacial score (nSPS) is 11.0. The van der Waals surface area contributed by atoms with E-state index in [-0.39, 0.29) is 0 Å². The summed E-state index contributed by atoms with van der Waals surface area (Å²) in [5.41, 5.74) is -3.70. The molecule has 0 saturated carbocycles. The van der Waals surface area contributed by atoms with Gasteiger partial charge in [-0.1, -0.05) is 0 Å². The number of aromatic hydroxyl groups is 4. The quantitative estimate of drug-likeness (QED) is 0.281. The van der Waals surface area contributed by atoms with Crippen molar-refractivity contribution >= 4 is 0 Å². The fourth-order valence-corrected chi connectivity index (χ4v) is 1.72. The molecule has 0 saturated heterocycles. The van der Waals surface area contributed by atoms with E-state index in [1.54, 1.807) is 0 Å². The Morgan fingerprint density at radius 3 is 1.23 bits per heavy atom. The van der Waals surface area contributed by atoms with E-state index in [4.69, 9.17) is 15.3 Å². The highest BCUT2D eigenvalue weighted by molar-refractivity contribution is 5.76. The summed E-state index contributed by atoms with van der Waals surface area (Å²) < 4.78 is 80.8. The van der Waals surface area contributed by atoms with Crippen LogP contribution < -0.4 is 0 Å². The molecule has 0 aromatic heterocycles. The summed E-state index contributed by atoms with van der Waals surface area (Å²) in [6, 6.07) is 0. The molecule has 0 spiro atoms. The molecule has 22 heavy (non-hydrogen) atoms. The number of hydrogen-bond acceptors (Lipinski definition) is 4.